The van der Waals surface area contributed by atoms with Crippen LogP contribution < -0.4 is 15.0 Å². The quantitative estimate of drug-likeness (QED) is 0.948. The third kappa shape index (κ3) is 2.86. The summed E-state index contributed by atoms with van der Waals surface area (Å²) in [6, 6.07) is 10.8. The predicted octanol–water partition coefficient (Wildman–Crippen LogP) is 2.80. The Bertz CT molecular complexity index is 686. The maximum Gasteiger partial charge on any atom is 0.244 e. The highest BCUT2D eigenvalue weighted by Gasteiger charge is 2.20. The molecule has 0 aromatic heterocycles. The van der Waals surface area contributed by atoms with Crippen LogP contribution in [0.4, 0.5) is 20.2 Å². The number of carbonyl (C=O) groups is 1. The highest BCUT2D eigenvalue weighted by Crippen LogP contribution is 2.30. The van der Waals surface area contributed by atoms with Crippen molar-refractivity contribution in [2.75, 3.05) is 29.9 Å². The summed E-state index contributed by atoms with van der Waals surface area (Å²) in [6.07, 6.45) is 0. The monoisotopic (exact) mass is 304 g/mol. The zero-order chi connectivity index (χ0) is 15.5. The molecular formula is C16H14F2N2O2. The minimum absolute atomic E-state index is 0.00581. The van der Waals surface area contributed by atoms with E-state index in [0.717, 1.165) is 17.8 Å². The van der Waals surface area contributed by atoms with Crippen LogP contribution in [0, 0.1) is 11.6 Å². The van der Waals surface area contributed by atoms with Crippen molar-refractivity contribution in [2.45, 2.75) is 0 Å². The highest BCUT2D eigenvalue weighted by molar-refractivity contribution is 5.94. The van der Waals surface area contributed by atoms with Gasteiger partial charge in [-0.1, -0.05) is 18.2 Å². The molecule has 0 unspecified atom stereocenters. The number of benzene rings is 2. The Kier molecular flexibility index (Phi) is 3.91. The van der Waals surface area contributed by atoms with Gasteiger partial charge >= 0.3 is 0 Å². The fourth-order valence-corrected chi connectivity index (χ4v) is 2.36. The van der Waals surface area contributed by atoms with Gasteiger partial charge in [0.2, 0.25) is 5.91 Å². The molecule has 3 rings (SSSR count). The van der Waals surface area contributed by atoms with Gasteiger partial charge in [0.25, 0.3) is 0 Å². The van der Waals surface area contributed by atoms with Crippen LogP contribution in [0.1, 0.15) is 0 Å². The lowest BCUT2D eigenvalue weighted by Crippen LogP contribution is -2.39. The maximum absolute atomic E-state index is 13.5. The van der Waals surface area contributed by atoms with Crippen LogP contribution >= 0.6 is 0 Å². The van der Waals surface area contributed by atoms with Crippen molar-refractivity contribution in [3.05, 3.63) is 54.1 Å². The average molecular weight is 304 g/mol. The Hall–Kier alpha value is -2.63. The van der Waals surface area contributed by atoms with Crippen molar-refractivity contribution in [1.82, 2.24) is 0 Å². The molecule has 1 aliphatic rings. The number of amides is 1. The van der Waals surface area contributed by atoms with Crippen molar-refractivity contribution in [3.63, 3.8) is 0 Å². The number of nitrogens with zero attached hydrogens (tertiary/aromatic N) is 1. The van der Waals surface area contributed by atoms with Gasteiger partial charge in [-0.2, -0.15) is 0 Å². The first-order valence-electron chi connectivity index (χ1n) is 6.86. The summed E-state index contributed by atoms with van der Waals surface area (Å²) >= 11 is 0. The zero-order valence-electron chi connectivity index (χ0n) is 11.7. The second-order valence-electron chi connectivity index (χ2n) is 4.88. The molecule has 22 heavy (non-hydrogen) atoms. The number of para-hydroxylation sites is 3. The van der Waals surface area contributed by atoms with Gasteiger partial charge in [0.05, 0.1) is 18.8 Å². The van der Waals surface area contributed by atoms with E-state index in [1.54, 1.807) is 0 Å². The van der Waals surface area contributed by atoms with Crippen LogP contribution in [0.15, 0.2) is 42.5 Å². The van der Waals surface area contributed by atoms with Gasteiger partial charge in [0, 0.05) is 0 Å². The minimum Gasteiger partial charge on any atom is -0.490 e. The van der Waals surface area contributed by atoms with Gasteiger partial charge in [-0.3, -0.25) is 4.79 Å². The Labute approximate surface area is 126 Å². The lowest BCUT2D eigenvalue weighted by molar-refractivity contribution is -0.115. The van der Waals surface area contributed by atoms with E-state index in [1.165, 1.54) is 6.07 Å². The molecule has 0 fully saturated rings. The van der Waals surface area contributed by atoms with Crippen LogP contribution in [0.25, 0.3) is 0 Å². The summed E-state index contributed by atoms with van der Waals surface area (Å²) in [4.78, 5) is 13.9. The Balaban J connectivity index is 1.73. The summed E-state index contributed by atoms with van der Waals surface area (Å²) in [7, 11) is 0. The fourth-order valence-electron chi connectivity index (χ4n) is 2.36. The average Bonchev–Trinajstić information content (AvgIpc) is 2.51. The van der Waals surface area contributed by atoms with Crippen LogP contribution in [-0.2, 0) is 4.79 Å². The first-order valence-corrected chi connectivity index (χ1v) is 6.86. The lowest BCUT2D eigenvalue weighted by atomic mass is 10.2. The van der Waals surface area contributed by atoms with Crippen molar-refractivity contribution >= 4 is 17.3 Å². The SMILES string of the molecule is O=C(CN1CCOc2ccccc21)Nc1c(F)cccc1F. The Morgan fingerprint density at radius 3 is 2.64 bits per heavy atom. The molecule has 0 aliphatic carbocycles. The molecular weight excluding hydrogens is 290 g/mol. The predicted molar refractivity (Wildman–Crippen MR) is 79.1 cm³/mol. The van der Waals surface area contributed by atoms with Gasteiger partial charge in [0.1, 0.15) is 29.7 Å². The number of carbonyl (C=O) groups excluding carboxylic acids is 1. The van der Waals surface area contributed by atoms with E-state index in [4.69, 9.17) is 4.74 Å². The van der Waals surface area contributed by atoms with Crippen molar-refractivity contribution in [1.29, 1.82) is 0 Å². The van der Waals surface area contributed by atoms with Gasteiger partial charge in [-0.25, -0.2) is 8.78 Å². The summed E-state index contributed by atoms with van der Waals surface area (Å²) in [5.74, 6) is -1.38. The number of fused-ring (bicyclic) bond motifs is 1. The molecule has 1 N–H and O–H groups in total. The molecule has 0 saturated carbocycles. The zero-order valence-corrected chi connectivity index (χ0v) is 11.7. The maximum atomic E-state index is 13.5. The molecule has 0 saturated heterocycles. The number of halogens is 2. The van der Waals surface area contributed by atoms with E-state index in [1.807, 2.05) is 29.2 Å². The fraction of sp³-hybridized carbons (Fsp3) is 0.188. The van der Waals surface area contributed by atoms with Crippen molar-refractivity contribution in [3.8, 4) is 5.75 Å². The summed E-state index contributed by atoms with van der Waals surface area (Å²) in [6.45, 7) is 0.983. The molecule has 4 nitrogen and oxygen atoms in total. The molecule has 0 atom stereocenters. The number of rotatable bonds is 3. The molecule has 6 heteroatoms. The normalized spacial score (nSPS) is 13.3. The van der Waals surface area contributed by atoms with Crippen LogP contribution in [0.3, 0.4) is 0 Å². The first kappa shape index (κ1) is 14.3. The van der Waals surface area contributed by atoms with E-state index >= 15 is 0 Å². The standard InChI is InChI=1S/C16H14F2N2O2/c17-11-4-3-5-12(18)16(11)19-15(21)10-20-8-9-22-14-7-2-1-6-13(14)20/h1-7H,8-10H2,(H,19,21). The van der Waals surface area contributed by atoms with E-state index in [9.17, 15) is 13.6 Å². The molecule has 1 amide bonds. The Morgan fingerprint density at radius 2 is 1.86 bits per heavy atom. The molecule has 0 radical (unpaired) electrons. The number of nitrogens with one attached hydrogen (secondary N) is 1. The van der Waals surface area contributed by atoms with Crippen molar-refractivity contribution < 1.29 is 18.3 Å². The number of hydrogen-bond acceptors (Lipinski definition) is 3. The number of ether oxygens (including phenoxy) is 1. The summed E-state index contributed by atoms with van der Waals surface area (Å²) in [5, 5.41) is 2.29. The summed E-state index contributed by atoms with van der Waals surface area (Å²) in [5.41, 5.74) is 0.368. The highest BCUT2D eigenvalue weighted by atomic mass is 19.1. The van der Waals surface area contributed by atoms with Crippen LogP contribution in [0.2, 0.25) is 0 Å². The van der Waals surface area contributed by atoms with E-state index in [2.05, 4.69) is 5.32 Å². The van der Waals surface area contributed by atoms with Crippen LogP contribution in [-0.4, -0.2) is 25.6 Å². The first-order chi connectivity index (χ1) is 10.6. The van der Waals surface area contributed by atoms with Crippen LogP contribution in [0.5, 0.6) is 5.75 Å². The van der Waals surface area contributed by atoms with Gasteiger partial charge in [-0.05, 0) is 24.3 Å². The van der Waals surface area contributed by atoms with E-state index in [0.29, 0.717) is 18.9 Å². The molecule has 0 spiro atoms. The van der Waals surface area contributed by atoms with Gasteiger partial charge in [-0.15, -0.1) is 0 Å². The largest absolute Gasteiger partial charge is 0.490 e. The second kappa shape index (κ2) is 6.01. The second-order valence-corrected chi connectivity index (χ2v) is 4.88. The third-order valence-electron chi connectivity index (χ3n) is 3.39. The van der Waals surface area contributed by atoms with Gasteiger partial charge in [0.15, 0.2) is 0 Å². The smallest absolute Gasteiger partial charge is 0.244 e. The van der Waals surface area contributed by atoms with Gasteiger partial charge < -0.3 is 15.0 Å². The number of anilines is 2. The molecule has 1 aliphatic heterocycles. The molecule has 2 aromatic rings. The van der Waals surface area contributed by atoms with E-state index in [-0.39, 0.29) is 6.54 Å². The number of hydrogen-bond donors (Lipinski definition) is 1. The topological polar surface area (TPSA) is 41.6 Å². The Morgan fingerprint density at radius 1 is 1.14 bits per heavy atom. The molecule has 0 bridgehead atoms. The van der Waals surface area contributed by atoms with E-state index < -0.39 is 23.2 Å². The molecule has 2 aromatic carbocycles. The minimum atomic E-state index is -0.796. The third-order valence-corrected chi connectivity index (χ3v) is 3.39. The molecule has 114 valence electrons. The molecule has 1 heterocycles. The lowest BCUT2D eigenvalue weighted by Gasteiger charge is -2.30. The summed E-state index contributed by atoms with van der Waals surface area (Å²) < 4.78 is 32.6. The van der Waals surface area contributed by atoms with Crippen molar-refractivity contribution in [2.24, 2.45) is 0 Å².